The van der Waals surface area contributed by atoms with Crippen molar-refractivity contribution in [3.63, 3.8) is 0 Å². The molecule has 0 aliphatic carbocycles. The maximum absolute atomic E-state index is 11.7. The lowest BCUT2D eigenvalue weighted by atomic mass is 9.93. The monoisotopic (exact) mass is 269 g/mol. The van der Waals surface area contributed by atoms with Crippen molar-refractivity contribution in [2.24, 2.45) is 0 Å². The fourth-order valence-corrected chi connectivity index (χ4v) is 3.16. The van der Waals surface area contributed by atoms with Crippen LogP contribution in [0.5, 0.6) is 0 Å². The van der Waals surface area contributed by atoms with E-state index >= 15 is 0 Å². The number of para-hydroxylation sites is 1. The third kappa shape index (κ3) is 2.84. The molecule has 1 aromatic rings. The SMILES string of the molecule is CC1(O)CCN(c2ccccc2S(C)(=O)=O)CC1. The largest absolute Gasteiger partial charge is 0.390 e. The lowest BCUT2D eigenvalue weighted by Gasteiger charge is -2.37. The van der Waals surface area contributed by atoms with Gasteiger partial charge in [-0.1, -0.05) is 12.1 Å². The van der Waals surface area contributed by atoms with Crippen LogP contribution in [-0.4, -0.2) is 38.5 Å². The van der Waals surface area contributed by atoms with Gasteiger partial charge < -0.3 is 10.0 Å². The van der Waals surface area contributed by atoms with Crippen LogP contribution >= 0.6 is 0 Å². The zero-order valence-corrected chi connectivity index (χ0v) is 11.6. The van der Waals surface area contributed by atoms with E-state index in [-0.39, 0.29) is 0 Å². The molecule has 0 atom stereocenters. The molecule has 1 aromatic carbocycles. The Bertz CT molecular complexity index is 527. The van der Waals surface area contributed by atoms with E-state index in [1.54, 1.807) is 12.1 Å². The summed E-state index contributed by atoms with van der Waals surface area (Å²) in [4.78, 5) is 2.40. The van der Waals surface area contributed by atoms with Gasteiger partial charge in [0.25, 0.3) is 0 Å². The number of hydrogen-bond acceptors (Lipinski definition) is 4. The van der Waals surface area contributed by atoms with Crippen molar-refractivity contribution < 1.29 is 13.5 Å². The van der Waals surface area contributed by atoms with Crippen molar-refractivity contribution in [3.8, 4) is 0 Å². The number of benzene rings is 1. The molecule has 100 valence electrons. The Labute approximate surface area is 108 Å². The summed E-state index contributed by atoms with van der Waals surface area (Å²) in [6.07, 6.45) is 2.54. The van der Waals surface area contributed by atoms with Crippen molar-refractivity contribution in [1.82, 2.24) is 0 Å². The Morgan fingerprint density at radius 2 is 1.78 bits per heavy atom. The van der Waals surface area contributed by atoms with E-state index in [9.17, 15) is 13.5 Å². The summed E-state index contributed by atoms with van der Waals surface area (Å²) in [5.74, 6) is 0. The maximum Gasteiger partial charge on any atom is 0.177 e. The molecule has 0 radical (unpaired) electrons. The molecule has 0 saturated carbocycles. The highest BCUT2D eigenvalue weighted by Crippen LogP contribution is 2.30. The van der Waals surface area contributed by atoms with Crippen molar-refractivity contribution in [1.29, 1.82) is 0 Å². The van der Waals surface area contributed by atoms with Gasteiger partial charge in [-0.3, -0.25) is 0 Å². The zero-order chi connectivity index (χ0) is 13.4. The first kappa shape index (κ1) is 13.4. The van der Waals surface area contributed by atoms with Gasteiger partial charge in [0.15, 0.2) is 9.84 Å². The van der Waals surface area contributed by atoms with Gasteiger partial charge >= 0.3 is 0 Å². The summed E-state index contributed by atoms with van der Waals surface area (Å²) < 4.78 is 23.5. The minimum atomic E-state index is -3.22. The van der Waals surface area contributed by atoms with E-state index in [0.717, 1.165) is 5.69 Å². The van der Waals surface area contributed by atoms with E-state index in [1.165, 1.54) is 6.26 Å². The number of nitrogens with zero attached hydrogens (tertiary/aromatic N) is 1. The minimum Gasteiger partial charge on any atom is -0.390 e. The Kier molecular flexibility index (Phi) is 3.38. The van der Waals surface area contributed by atoms with Crippen LogP contribution in [0.4, 0.5) is 5.69 Å². The summed E-state index contributed by atoms with van der Waals surface area (Å²) in [6.45, 7) is 3.19. The molecule has 0 amide bonds. The highest BCUT2D eigenvalue weighted by molar-refractivity contribution is 7.90. The average Bonchev–Trinajstić information content (AvgIpc) is 2.28. The van der Waals surface area contributed by atoms with Crippen molar-refractivity contribution in [2.75, 3.05) is 24.2 Å². The highest BCUT2D eigenvalue weighted by atomic mass is 32.2. The predicted molar refractivity (Wildman–Crippen MR) is 71.6 cm³/mol. The number of piperidine rings is 1. The molecule has 1 fully saturated rings. The van der Waals surface area contributed by atoms with Crippen LogP contribution in [0.25, 0.3) is 0 Å². The van der Waals surface area contributed by atoms with Gasteiger partial charge in [-0.15, -0.1) is 0 Å². The third-order valence-electron chi connectivity index (χ3n) is 3.45. The molecule has 0 aromatic heterocycles. The van der Waals surface area contributed by atoms with Crippen LogP contribution < -0.4 is 4.90 Å². The van der Waals surface area contributed by atoms with Crippen molar-refractivity contribution in [2.45, 2.75) is 30.3 Å². The van der Waals surface area contributed by atoms with E-state index in [4.69, 9.17) is 0 Å². The Morgan fingerprint density at radius 3 is 2.33 bits per heavy atom. The van der Waals surface area contributed by atoms with Gasteiger partial charge in [-0.05, 0) is 31.9 Å². The van der Waals surface area contributed by atoms with E-state index in [0.29, 0.717) is 30.8 Å². The second-order valence-electron chi connectivity index (χ2n) is 5.22. The molecule has 0 spiro atoms. The Balaban J connectivity index is 2.30. The van der Waals surface area contributed by atoms with E-state index < -0.39 is 15.4 Å². The molecule has 5 heteroatoms. The van der Waals surface area contributed by atoms with Crippen LogP contribution in [0.3, 0.4) is 0 Å². The molecule has 1 heterocycles. The van der Waals surface area contributed by atoms with Crippen molar-refractivity contribution in [3.05, 3.63) is 24.3 Å². The van der Waals surface area contributed by atoms with Crippen LogP contribution in [0.2, 0.25) is 0 Å². The zero-order valence-electron chi connectivity index (χ0n) is 10.8. The molecule has 0 bridgehead atoms. The number of aliphatic hydroxyl groups is 1. The van der Waals surface area contributed by atoms with Crippen LogP contribution in [0.1, 0.15) is 19.8 Å². The number of hydrogen-bond donors (Lipinski definition) is 1. The maximum atomic E-state index is 11.7. The quantitative estimate of drug-likeness (QED) is 0.882. The first-order valence-electron chi connectivity index (χ1n) is 6.06. The molecule has 1 saturated heterocycles. The normalized spacial score (nSPS) is 19.8. The summed E-state index contributed by atoms with van der Waals surface area (Å²) >= 11 is 0. The van der Waals surface area contributed by atoms with E-state index in [2.05, 4.69) is 0 Å². The lowest BCUT2D eigenvalue weighted by molar-refractivity contribution is 0.0350. The topological polar surface area (TPSA) is 57.6 Å². The summed E-state index contributed by atoms with van der Waals surface area (Å²) in [7, 11) is -3.22. The Hall–Kier alpha value is -1.07. The number of rotatable bonds is 2. The molecule has 18 heavy (non-hydrogen) atoms. The second-order valence-corrected chi connectivity index (χ2v) is 7.21. The fraction of sp³-hybridized carbons (Fsp3) is 0.538. The van der Waals surface area contributed by atoms with Crippen LogP contribution in [-0.2, 0) is 9.84 Å². The summed E-state index contributed by atoms with van der Waals surface area (Å²) in [5.41, 5.74) is 0.117. The van der Waals surface area contributed by atoms with Gasteiger partial charge in [0, 0.05) is 19.3 Å². The summed E-state index contributed by atoms with van der Waals surface area (Å²) in [6, 6.07) is 7.05. The molecule has 4 nitrogen and oxygen atoms in total. The van der Waals surface area contributed by atoms with Crippen LogP contribution in [0, 0.1) is 0 Å². The first-order chi connectivity index (χ1) is 8.30. The lowest BCUT2D eigenvalue weighted by Crippen LogP contribution is -2.42. The van der Waals surface area contributed by atoms with E-state index in [1.807, 2.05) is 24.0 Å². The smallest absolute Gasteiger partial charge is 0.177 e. The summed E-state index contributed by atoms with van der Waals surface area (Å²) in [5, 5.41) is 9.92. The van der Waals surface area contributed by atoms with Gasteiger partial charge in [0.2, 0.25) is 0 Å². The number of anilines is 1. The molecule has 1 aliphatic heterocycles. The minimum absolute atomic E-state index is 0.367. The van der Waals surface area contributed by atoms with Gasteiger partial charge in [-0.25, -0.2) is 8.42 Å². The average molecular weight is 269 g/mol. The van der Waals surface area contributed by atoms with Gasteiger partial charge in [-0.2, -0.15) is 0 Å². The molecule has 1 aliphatic rings. The second kappa shape index (κ2) is 4.55. The van der Waals surface area contributed by atoms with Gasteiger partial charge in [0.05, 0.1) is 16.2 Å². The molecule has 2 rings (SSSR count). The first-order valence-corrected chi connectivity index (χ1v) is 7.95. The highest BCUT2D eigenvalue weighted by Gasteiger charge is 2.29. The van der Waals surface area contributed by atoms with Gasteiger partial charge in [0.1, 0.15) is 0 Å². The number of sulfone groups is 1. The fourth-order valence-electron chi connectivity index (χ4n) is 2.26. The molecule has 1 N–H and O–H groups in total. The molecule has 0 unspecified atom stereocenters. The molecular weight excluding hydrogens is 250 g/mol. The van der Waals surface area contributed by atoms with Crippen LogP contribution in [0.15, 0.2) is 29.2 Å². The third-order valence-corrected chi connectivity index (χ3v) is 4.59. The Morgan fingerprint density at radius 1 is 1.22 bits per heavy atom. The standard InChI is InChI=1S/C13H19NO3S/c1-13(15)7-9-14(10-8-13)11-5-3-4-6-12(11)18(2,16)17/h3-6,15H,7-10H2,1-2H3. The van der Waals surface area contributed by atoms with Crippen molar-refractivity contribution >= 4 is 15.5 Å². The predicted octanol–water partition coefficient (Wildman–Crippen LogP) is 1.44. The molecular formula is C13H19NO3S.